The Labute approximate surface area is 90.1 Å². The summed E-state index contributed by atoms with van der Waals surface area (Å²) in [5.74, 6) is -0.123. The summed E-state index contributed by atoms with van der Waals surface area (Å²) in [6.45, 7) is 0.672. The molecule has 0 saturated carbocycles. The number of benzene rings is 1. The van der Waals surface area contributed by atoms with Crippen molar-refractivity contribution in [1.29, 1.82) is 0 Å². The van der Waals surface area contributed by atoms with Gasteiger partial charge < -0.3 is 4.74 Å². The molecule has 0 unspecified atom stereocenters. The second-order valence-electron chi connectivity index (χ2n) is 3.21. The first-order valence-corrected chi connectivity index (χ1v) is 6.41. The van der Waals surface area contributed by atoms with Crippen molar-refractivity contribution in [1.82, 2.24) is 0 Å². The second kappa shape index (κ2) is 5.85. The highest BCUT2D eigenvalue weighted by Crippen LogP contribution is 1.99. The van der Waals surface area contributed by atoms with E-state index in [0.717, 1.165) is 6.42 Å². The zero-order valence-electron chi connectivity index (χ0n) is 8.43. The van der Waals surface area contributed by atoms with Crippen molar-refractivity contribution < 1.29 is 13.2 Å². The third-order valence-electron chi connectivity index (χ3n) is 1.89. The van der Waals surface area contributed by atoms with Gasteiger partial charge in [-0.15, -0.1) is 0 Å². The van der Waals surface area contributed by atoms with Crippen LogP contribution in [0.3, 0.4) is 0 Å². The molecule has 84 valence electrons. The third-order valence-corrected chi connectivity index (χ3v) is 2.63. The largest absolute Gasteiger partial charge is 0.380 e. The lowest BCUT2D eigenvalue weighted by Crippen LogP contribution is -2.20. The first-order valence-electron chi connectivity index (χ1n) is 4.70. The van der Waals surface area contributed by atoms with Crippen LogP contribution in [0.1, 0.15) is 5.56 Å². The summed E-state index contributed by atoms with van der Waals surface area (Å²) in [6.07, 6.45) is 0.783. The van der Waals surface area contributed by atoms with Crippen LogP contribution in [-0.4, -0.2) is 27.4 Å². The van der Waals surface area contributed by atoms with Crippen molar-refractivity contribution in [3.63, 3.8) is 0 Å². The molecule has 0 fully saturated rings. The molecule has 0 atom stereocenters. The zero-order valence-corrected chi connectivity index (χ0v) is 9.24. The summed E-state index contributed by atoms with van der Waals surface area (Å²) in [5, 5.41) is 4.82. The van der Waals surface area contributed by atoms with Crippen LogP contribution < -0.4 is 5.14 Å². The molecule has 0 heterocycles. The molecular formula is C10H15NO3S. The van der Waals surface area contributed by atoms with E-state index in [-0.39, 0.29) is 12.4 Å². The van der Waals surface area contributed by atoms with E-state index in [1.165, 1.54) is 5.56 Å². The predicted molar refractivity (Wildman–Crippen MR) is 58.9 cm³/mol. The van der Waals surface area contributed by atoms with E-state index in [4.69, 9.17) is 9.88 Å². The van der Waals surface area contributed by atoms with Crippen LogP contribution in [0, 0.1) is 0 Å². The van der Waals surface area contributed by atoms with Crippen molar-refractivity contribution in [2.45, 2.75) is 6.42 Å². The van der Waals surface area contributed by atoms with Gasteiger partial charge in [-0.1, -0.05) is 30.3 Å². The van der Waals surface area contributed by atoms with Gasteiger partial charge in [0.25, 0.3) is 0 Å². The minimum Gasteiger partial charge on any atom is -0.380 e. The number of rotatable bonds is 6. The average molecular weight is 229 g/mol. The molecule has 0 aliphatic heterocycles. The summed E-state index contributed by atoms with van der Waals surface area (Å²) in [6, 6.07) is 9.87. The Balaban J connectivity index is 2.13. The predicted octanol–water partition coefficient (Wildman–Crippen LogP) is 0.534. The monoisotopic (exact) mass is 229 g/mol. The van der Waals surface area contributed by atoms with Crippen LogP contribution in [-0.2, 0) is 21.2 Å². The molecule has 1 aromatic carbocycles. The lowest BCUT2D eigenvalue weighted by atomic mass is 10.2. The van der Waals surface area contributed by atoms with Crippen molar-refractivity contribution >= 4 is 10.0 Å². The number of sulfonamides is 1. The quantitative estimate of drug-likeness (QED) is 0.724. The highest BCUT2D eigenvalue weighted by molar-refractivity contribution is 7.89. The molecule has 5 heteroatoms. The standard InChI is InChI=1S/C10H15NO3S/c11-15(12,13)9-8-14-7-6-10-4-2-1-3-5-10/h1-5H,6-9H2,(H2,11,12,13). The molecule has 0 spiro atoms. The Morgan fingerprint density at radius 1 is 1.13 bits per heavy atom. The maximum Gasteiger partial charge on any atom is 0.211 e. The molecule has 0 aliphatic carbocycles. The molecule has 0 aromatic heterocycles. The lowest BCUT2D eigenvalue weighted by molar-refractivity contribution is 0.152. The molecule has 0 saturated heterocycles. The van der Waals surface area contributed by atoms with E-state index in [0.29, 0.717) is 6.61 Å². The molecule has 0 aliphatic rings. The first-order chi connectivity index (χ1) is 7.08. The Hall–Kier alpha value is -0.910. The van der Waals surface area contributed by atoms with Crippen molar-refractivity contribution in [2.75, 3.05) is 19.0 Å². The fourth-order valence-corrected chi connectivity index (χ4v) is 1.46. The molecule has 4 nitrogen and oxygen atoms in total. The maximum atomic E-state index is 10.6. The molecule has 0 radical (unpaired) electrons. The molecule has 0 amide bonds. The summed E-state index contributed by atoms with van der Waals surface area (Å²) in [5.41, 5.74) is 1.17. The Morgan fingerprint density at radius 2 is 1.80 bits per heavy atom. The first kappa shape index (κ1) is 12.2. The van der Waals surface area contributed by atoms with Gasteiger partial charge in [0.05, 0.1) is 19.0 Å². The smallest absolute Gasteiger partial charge is 0.211 e. The minimum atomic E-state index is -3.39. The van der Waals surface area contributed by atoms with Crippen LogP contribution in [0.5, 0.6) is 0 Å². The Morgan fingerprint density at radius 3 is 2.40 bits per heavy atom. The number of ether oxygens (including phenoxy) is 1. The zero-order chi connectivity index (χ0) is 11.1. The Bertz CT molecular complexity index is 375. The molecule has 2 N–H and O–H groups in total. The van der Waals surface area contributed by atoms with Gasteiger partial charge in [-0.05, 0) is 12.0 Å². The summed E-state index contributed by atoms with van der Waals surface area (Å²) < 4.78 is 26.3. The average Bonchev–Trinajstić information content (AvgIpc) is 2.17. The summed E-state index contributed by atoms with van der Waals surface area (Å²) >= 11 is 0. The van der Waals surface area contributed by atoms with Gasteiger partial charge in [0.2, 0.25) is 10.0 Å². The van der Waals surface area contributed by atoms with Gasteiger partial charge >= 0.3 is 0 Å². The highest BCUT2D eigenvalue weighted by Gasteiger charge is 2.01. The molecular weight excluding hydrogens is 214 g/mol. The van der Waals surface area contributed by atoms with E-state index in [1.54, 1.807) is 0 Å². The van der Waals surface area contributed by atoms with E-state index < -0.39 is 10.0 Å². The summed E-state index contributed by atoms with van der Waals surface area (Å²) in [4.78, 5) is 0. The van der Waals surface area contributed by atoms with Crippen molar-refractivity contribution in [3.05, 3.63) is 35.9 Å². The highest BCUT2D eigenvalue weighted by atomic mass is 32.2. The fraction of sp³-hybridized carbons (Fsp3) is 0.400. The van der Waals surface area contributed by atoms with Crippen LogP contribution >= 0.6 is 0 Å². The number of hydrogen-bond acceptors (Lipinski definition) is 3. The third kappa shape index (κ3) is 6.22. The van der Waals surface area contributed by atoms with Gasteiger partial charge in [0.15, 0.2) is 0 Å². The molecule has 0 bridgehead atoms. The van der Waals surface area contributed by atoms with Crippen molar-refractivity contribution in [3.8, 4) is 0 Å². The number of hydrogen-bond donors (Lipinski definition) is 1. The van der Waals surface area contributed by atoms with E-state index in [1.807, 2.05) is 30.3 Å². The van der Waals surface area contributed by atoms with Gasteiger partial charge in [-0.25, -0.2) is 13.6 Å². The van der Waals surface area contributed by atoms with Crippen molar-refractivity contribution in [2.24, 2.45) is 5.14 Å². The van der Waals surface area contributed by atoms with E-state index in [9.17, 15) is 8.42 Å². The van der Waals surface area contributed by atoms with Gasteiger partial charge in [-0.2, -0.15) is 0 Å². The number of nitrogens with two attached hydrogens (primary N) is 1. The fourth-order valence-electron chi connectivity index (χ4n) is 1.11. The molecule has 1 aromatic rings. The van der Waals surface area contributed by atoms with Crippen LogP contribution in [0.25, 0.3) is 0 Å². The topological polar surface area (TPSA) is 69.4 Å². The van der Waals surface area contributed by atoms with Gasteiger partial charge in [0.1, 0.15) is 0 Å². The number of primary sulfonamides is 1. The molecule has 15 heavy (non-hydrogen) atoms. The normalized spacial score (nSPS) is 11.5. The summed E-state index contributed by atoms with van der Waals surface area (Å²) in [7, 11) is -3.39. The lowest BCUT2D eigenvalue weighted by Gasteiger charge is -2.03. The second-order valence-corrected chi connectivity index (χ2v) is 4.95. The maximum absolute atomic E-state index is 10.6. The van der Waals surface area contributed by atoms with E-state index >= 15 is 0 Å². The molecule has 1 rings (SSSR count). The van der Waals surface area contributed by atoms with Crippen LogP contribution in [0.15, 0.2) is 30.3 Å². The Kier molecular flexibility index (Phi) is 4.74. The van der Waals surface area contributed by atoms with Crippen LogP contribution in [0.4, 0.5) is 0 Å². The van der Waals surface area contributed by atoms with Gasteiger partial charge in [-0.3, -0.25) is 0 Å². The van der Waals surface area contributed by atoms with E-state index in [2.05, 4.69) is 0 Å². The van der Waals surface area contributed by atoms with Crippen LogP contribution in [0.2, 0.25) is 0 Å². The van der Waals surface area contributed by atoms with Gasteiger partial charge in [0, 0.05) is 0 Å². The SMILES string of the molecule is NS(=O)(=O)CCOCCc1ccccc1. The minimum absolute atomic E-state index is 0.123.